The fraction of sp³-hybridized carbons (Fsp3) is 0.300. The van der Waals surface area contributed by atoms with Crippen molar-refractivity contribution >= 4 is 55.4 Å². The zero-order valence-electron chi connectivity index (χ0n) is 7.24. The molecule has 14 heavy (non-hydrogen) atoms. The van der Waals surface area contributed by atoms with Crippen molar-refractivity contribution in [2.24, 2.45) is 0 Å². The van der Waals surface area contributed by atoms with Crippen molar-refractivity contribution in [1.29, 1.82) is 0 Å². The van der Waals surface area contributed by atoms with Gasteiger partial charge in [-0.3, -0.25) is 4.79 Å². The van der Waals surface area contributed by atoms with E-state index < -0.39 is 0 Å². The number of rotatable bonds is 1. The second-order valence-electron chi connectivity index (χ2n) is 3.30. The van der Waals surface area contributed by atoms with E-state index in [1.54, 1.807) is 0 Å². The molecule has 1 aromatic carbocycles. The number of hydrogen-bond donors (Lipinski definition) is 0. The third-order valence-corrected chi connectivity index (χ3v) is 4.56. The summed E-state index contributed by atoms with van der Waals surface area (Å²) in [4.78, 5) is 11.2. The number of hydrogen-bond acceptors (Lipinski definition) is 1. The van der Waals surface area contributed by atoms with Crippen molar-refractivity contribution in [1.82, 2.24) is 0 Å². The number of fused-ring (bicyclic) bond motifs is 1. The van der Waals surface area contributed by atoms with Gasteiger partial charge in [-0.1, -0.05) is 0 Å². The number of halogens is 3. The third-order valence-electron chi connectivity index (χ3n) is 2.49. The van der Waals surface area contributed by atoms with Crippen LogP contribution in [-0.2, 0) is 12.8 Å². The van der Waals surface area contributed by atoms with Crippen molar-refractivity contribution in [3.05, 3.63) is 30.8 Å². The van der Waals surface area contributed by atoms with Gasteiger partial charge < -0.3 is 0 Å². The average Bonchev–Trinajstić information content (AvgIpc) is 2.59. The van der Waals surface area contributed by atoms with E-state index in [0.29, 0.717) is 5.56 Å². The smallest absolute Gasteiger partial charge is 0.253 e. The first-order valence-corrected chi connectivity index (χ1v) is 6.56. The molecular weight excluding hydrogens is 378 g/mol. The molecule has 0 radical (unpaired) electrons. The predicted octanol–water partition coefficient (Wildman–Crippen LogP) is 3.92. The Morgan fingerprint density at radius 3 is 2.71 bits per heavy atom. The van der Waals surface area contributed by atoms with Crippen molar-refractivity contribution in [3.63, 3.8) is 0 Å². The van der Waals surface area contributed by atoms with Gasteiger partial charge in [0.25, 0.3) is 5.24 Å². The Bertz CT molecular complexity index is 417. The fourth-order valence-electron chi connectivity index (χ4n) is 1.83. The van der Waals surface area contributed by atoms with E-state index in [1.165, 1.54) is 17.5 Å². The Labute approximate surface area is 109 Å². The van der Waals surface area contributed by atoms with Crippen molar-refractivity contribution in [3.8, 4) is 0 Å². The number of benzene rings is 1. The minimum atomic E-state index is -0.385. The number of carbonyl (C=O) groups excluding carboxylic acids is 1. The first kappa shape index (κ1) is 10.9. The van der Waals surface area contributed by atoms with Gasteiger partial charge in [-0.2, -0.15) is 0 Å². The van der Waals surface area contributed by atoms with Crippen LogP contribution in [0.2, 0.25) is 0 Å². The van der Waals surface area contributed by atoms with Gasteiger partial charge in [0.2, 0.25) is 0 Å². The van der Waals surface area contributed by atoms with E-state index in [1.807, 2.05) is 6.07 Å². The Kier molecular flexibility index (Phi) is 3.19. The van der Waals surface area contributed by atoms with Gasteiger partial charge in [-0.05, 0) is 86.6 Å². The Morgan fingerprint density at radius 1 is 1.43 bits per heavy atom. The summed E-state index contributed by atoms with van der Waals surface area (Å²) in [6.45, 7) is 0. The lowest BCUT2D eigenvalue weighted by atomic mass is 10.1. The average molecular weight is 385 g/mol. The molecule has 0 aromatic heterocycles. The summed E-state index contributed by atoms with van der Waals surface area (Å²) in [7, 11) is 0. The zero-order chi connectivity index (χ0) is 10.3. The maximum absolute atomic E-state index is 11.2. The molecule has 0 aliphatic heterocycles. The monoisotopic (exact) mass is 384 g/mol. The second-order valence-corrected chi connectivity index (χ2v) is 5.60. The molecule has 0 saturated carbocycles. The summed E-state index contributed by atoms with van der Waals surface area (Å²) in [6.07, 6.45) is 3.33. The molecule has 0 fully saturated rings. The molecule has 0 spiro atoms. The molecule has 74 valence electrons. The Morgan fingerprint density at radius 2 is 2.07 bits per heavy atom. The quantitative estimate of drug-likeness (QED) is 0.529. The molecule has 1 aliphatic carbocycles. The van der Waals surface area contributed by atoms with Crippen LogP contribution in [0.15, 0.2) is 10.5 Å². The third kappa shape index (κ3) is 1.74. The van der Waals surface area contributed by atoms with Crippen LogP contribution >= 0.6 is 50.1 Å². The van der Waals surface area contributed by atoms with Crippen molar-refractivity contribution < 1.29 is 4.79 Å². The van der Waals surface area contributed by atoms with E-state index in [9.17, 15) is 4.79 Å². The summed E-state index contributed by atoms with van der Waals surface area (Å²) in [6, 6.07) is 1.87. The summed E-state index contributed by atoms with van der Waals surface area (Å²) in [5.74, 6) is 0. The topological polar surface area (TPSA) is 17.1 Å². The van der Waals surface area contributed by atoms with Crippen LogP contribution in [0.1, 0.15) is 27.9 Å². The van der Waals surface area contributed by atoms with Gasteiger partial charge in [-0.15, -0.1) is 0 Å². The number of carbonyl (C=O) groups is 1. The van der Waals surface area contributed by atoms with Crippen LogP contribution in [-0.4, -0.2) is 5.24 Å². The van der Waals surface area contributed by atoms with Crippen LogP contribution in [0, 0.1) is 3.57 Å². The predicted molar refractivity (Wildman–Crippen MR) is 69.1 cm³/mol. The van der Waals surface area contributed by atoms with E-state index in [-0.39, 0.29) is 5.24 Å². The van der Waals surface area contributed by atoms with Gasteiger partial charge in [0, 0.05) is 13.6 Å². The molecule has 1 nitrogen and oxygen atoms in total. The standard InChI is InChI=1S/C10H7BrClIO/c11-9-6-3-1-2-5(6)8(13)4-7(9)10(12)14/h4H,1-3H2. The van der Waals surface area contributed by atoms with Crippen molar-refractivity contribution in [2.45, 2.75) is 19.3 Å². The highest BCUT2D eigenvalue weighted by atomic mass is 127. The lowest BCUT2D eigenvalue weighted by Crippen LogP contribution is -1.98. The van der Waals surface area contributed by atoms with Crippen LogP contribution in [0.5, 0.6) is 0 Å². The summed E-state index contributed by atoms with van der Waals surface area (Å²) in [5, 5.41) is -0.385. The Hall–Kier alpha value is 0.390. The minimum Gasteiger partial charge on any atom is -0.276 e. The molecule has 0 N–H and O–H groups in total. The lowest BCUT2D eigenvalue weighted by Gasteiger charge is -2.08. The van der Waals surface area contributed by atoms with Gasteiger partial charge in [0.15, 0.2) is 0 Å². The first-order chi connectivity index (χ1) is 6.61. The van der Waals surface area contributed by atoms with Gasteiger partial charge >= 0.3 is 0 Å². The molecule has 0 unspecified atom stereocenters. The normalized spacial score (nSPS) is 14.2. The molecule has 2 rings (SSSR count). The first-order valence-electron chi connectivity index (χ1n) is 4.31. The molecule has 0 atom stereocenters. The summed E-state index contributed by atoms with van der Waals surface area (Å²) < 4.78 is 2.05. The summed E-state index contributed by atoms with van der Waals surface area (Å²) in [5.41, 5.74) is 3.23. The molecule has 0 saturated heterocycles. The highest BCUT2D eigenvalue weighted by molar-refractivity contribution is 14.1. The molecule has 1 aliphatic rings. The zero-order valence-corrected chi connectivity index (χ0v) is 11.7. The van der Waals surface area contributed by atoms with E-state index >= 15 is 0 Å². The van der Waals surface area contributed by atoms with Gasteiger partial charge in [-0.25, -0.2) is 0 Å². The van der Waals surface area contributed by atoms with Crippen molar-refractivity contribution in [2.75, 3.05) is 0 Å². The molecule has 4 heteroatoms. The largest absolute Gasteiger partial charge is 0.276 e. The fourth-order valence-corrected chi connectivity index (χ4v) is 3.73. The van der Waals surface area contributed by atoms with E-state index in [4.69, 9.17) is 11.6 Å². The molecule has 0 heterocycles. The van der Waals surface area contributed by atoms with Crippen LogP contribution in [0.4, 0.5) is 0 Å². The second kappa shape index (κ2) is 4.10. The highest BCUT2D eigenvalue weighted by Gasteiger charge is 2.21. The van der Waals surface area contributed by atoms with Crippen LogP contribution in [0.25, 0.3) is 0 Å². The minimum absolute atomic E-state index is 0.385. The Balaban J connectivity index is 2.68. The van der Waals surface area contributed by atoms with Crippen LogP contribution in [0.3, 0.4) is 0 Å². The van der Waals surface area contributed by atoms with Crippen LogP contribution < -0.4 is 0 Å². The maximum Gasteiger partial charge on any atom is 0.253 e. The molecule has 0 amide bonds. The van der Waals surface area contributed by atoms with Gasteiger partial charge in [0.05, 0.1) is 0 Å². The molecular formula is C10H7BrClIO. The lowest BCUT2D eigenvalue weighted by molar-refractivity contribution is 0.108. The summed E-state index contributed by atoms with van der Waals surface area (Å²) >= 11 is 11.2. The van der Waals surface area contributed by atoms with E-state index in [0.717, 1.165) is 20.9 Å². The molecule has 0 bridgehead atoms. The maximum atomic E-state index is 11.2. The molecule has 1 aromatic rings. The van der Waals surface area contributed by atoms with Gasteiger partial charge in [0.1, 0.15) is 0 Å². The highest BCUT2D eigenvalue weighted by Crippen LogP contribution is 2.35. The SMILES string of the molecule is O=C(Cl)c1cc(I)c2c(c1Br)CCC2. The van der Waals surface area contributed by atoms with E-state index in [2.05, 4.69) is 38.5 Å².